The molecule has 5 heterocycles. The number of pyridine rings is 1. The second-order valence-corrected chi connectivity index (χ2v) is 10.4. The molecule has 192 valence electrons. The number of fused-ring (bicyclic) bond motifs is 2. The number of nitrogens with zero attached hydrogens (tertiary/aromatic N) is 3. The third-order valence-electron chi connectivity index (χ3n) is 6.67. The number of aryl methyl sites for hydroxylation is 1. The number of imidazole rings is 1. The minimum absolute atomic E-state index is 0.354. The van der Waals surface area contributed by atoms with Gasteiger partial charge in [0, 0.05) is 31.1 Å². The summed E-state index contributed by atoms with van der Waals surface area (Å²) in [6, 6.07) is 12.1. The molecular formula is C29H28FN7S. The second-order valence-electron chi connectivity index (χ2n) is 9.46. The standard InChI is InChI=1S/C29H28FN7S/c1-4-31-14-18-10-16(2)11-19(12-18)20-15-32-13-17(3)25-23(24(20)30)28(37-36-25)29-34-21-7-8-33-27(26(21)35-29)22-6-5-9-38-22/h5-12,15,31-32,36H,4,13-14H2,1-3H3,(H,34,35)/b20-15-,24-23-,25-17?. The summed E-state index contributed by atoms with van der Waals surface area (Å²) in [6.07, 6.45) is 3.52. The molecule has 0 bridgehead atoms. The van der Waals surface area contributed by atoms with E-state index >= 15 is 4.39 Å². The van der Waals surface area contributed by atoms with Gasteiger partial charge in [-0.25, -0.2) is 9.37 Å². The minimum atomic E-state index is -0.354. The van der Waals surface area contributed by atoms with Crippen LogP contribution in [0.1, 0.15) is 30.5 Å². The van der Waals surface area contributed by atoms with Crippen LogP contribution in [0.25, 0.3) is 50.1 Å². The zero-order valence-electron chi connectivity index (χ0n) is 21.4. The molecule has 4 N–H and O–H groups in total. The average molecular weight is 526 g/mol. The first kappa shape index (κ1) is 24.3. The molecule has 0 unspecified atom stereocenters. The highest BCUT2D eigenvalue weighted by Crippen LogP contribution is 2.31. The van der Waals surface area contributed by atoms with Gasteiger partial charge in [0.25, 0.3) is 0 Å². The minimum Gasteiger partial charge on any atom is -0.386 e. The Kier molecular flexibility index (Phi) is 6.39. The molecule has 7 nitrogen and oxygen atoms in total. The lowest BCUT2D eigenvalue weighted by Crippen LogP contribution is -2.32. The molecule has 0 radical (unpaired) electrons. The summed E-state index contributed by atoms with van der Waals surface area (Å²) < 4.78 is 16.7. The van der Waals surface area contributed by atoms with E-state index in [0.717, 1.165) is 57.0 Å². The van der Waals surface area contributed by atoms with E-state index in [2.05, 4.69) is 43.8 Å². The first-order valence-corrected chi connectivity index (χ1v) is 13.5. The first-order chi connectivity index (χ1) is 18.5. The quantitative estimate of drug-likeness (QED) is 0.264. The van der Waals surface area contributed by atoms with Crippen molar-refractivity contribution in [3.63, 3.8) is 0 Å². The number of allylic oxidation sites excluding steroid dienone is 1. The molecule has 38 heavy (non-hydrogen) atoms. The zero-order chi connectivity index (χ0) is 26.2. The van der Waals surface area contributed by atoms with Gasteiger partial charge in [-0.3, -0.25) is 10.1 Å². The fraction of sp³-hybridized carbons (Fsp3) is 0.207. The van der Waals surface area contributed by atoms with Gasteiger partial charge in [0.15, 0.2) is 5.82 Å². The SMILES string of the molecule is CCNCc1cc(C)cc(C2=C/NCC(C)=c3[nH]nc(-c4nc5c(-c6cccs6)nccc5[nH]4)\c3=C\2F)c1. The second kappa shape index (κ2) is 10.00. The van der Waals surface area contributed by atoms with Crippen LogP contribution >= 0.6 is 11.3 Å². The van der Waals surface area contributed by atoms with Crippen LogP contribution in [0.5, 0.6) is 0 Å². The van der Waals surface area contributed by atoms with Gasteiger partial charge in [0.05, 0.1) is 21.0 Å². The molecule has 0 saturated heterocycles. The summed E-state index contributed by atoms with van der Waals surface area (Å²) in [7, 11) is 0. The van der Waals surface area contributed by atoms with Crippen molar-refractivity contribution in [3.8, 4) is 22.1 Å². The lowest BCUT2D eigenvalue weighted by molar-refractivity contribution is 0.726. The maximum atomic E-state index is 16.7. The fourth-order valence-corrected chi connectivity index (χ4v) is 5.59. The Balaban J connectivity index is 1.56. The van der Waals surface area contributed by atoms with Crippen LogP contribution in [-0.4, -0.2) is 38.2 Å². The molecular weight excluding hydrogens is 497 g/mol. The molecule has 0 saturated carbocycles. The molecule has 6 rings (SSSR count). The fourth-order valence-electron chi connectivity index (χ4n) is 4.87. The predicted octanol–water partition coefficient (Wildman–Crippen LogP) is 4.39. The van der Waals surface area contributed by atoms with Crippen LogP contribution < -0.4 is 21.2 Å². The summed E-state index contributed by atoms with van der Waals surface area (Å²) in [5, 5.41) is 17.4. The average Bonchev–Trinajstić information content (AvgIpc) is 3.67. The maximum Gasteiger partial charge on any atom is 0.159 e. The Labute approximate surface area is 223 Å². The van der Waals surface area contributed by atoms with Gasteiger partial charge < -0.3 is 15.6 Å². The van der Waals surface area contributed by atoms with Crippen LogP contribution in [0.2, 0.25) is 0 Å². The summed E-state index contributed by atoms with van der Waals surface area (Å²) in [4.78, 5) is 13.8. The molecule has 0 fully saturated rings. The molecule has 1 aromatic carbocycles. The normalized spacial score (nSPS) is 16.5. The van der Waals surface area contributed by atoms with E-state index in [9.17, 15) is 0 Å². The molecule has 4 aromatic heterocycles. The van der Waals surface area contributed by atoms with Gasteiger partial charge in [0.2, 0.25) is 0 Å². The molecule has 9 heteroatoms. The predicted molar refractivity (Wildman–Crippen MR) is 152 cm³/mol. The van der Waals surface area contributed by atoms with Gasteiger partial charge in [-0.05, 0) is 60.7 Å². The van der Waals surface area contributed by atoms with Crippen molar-refractivity contribution in [1.82, 2.24) is 35.8 Å². The van der Waals surface area contributed by atoms with Gasteiger partial charge >= 0.3 is 0 Å². The Bertz CT molecular complexity index is 1790. The van der Waals surface area contributed by atoms with Gasteiger partial charge in [-0.15, -0.1) is 11.3 Å². The van der Waals surface area contributed by atoms with Crippen molar-refractivity contribution in [1.29, 1.82) is 0 Å². The van der Waals surface area contributed by atoms with Crippen molar-refractivity contribution in [2.24, 2.45) is 0 Å². The van der Waals surface area contributed by atoms with E-state index in [1.807, 2.05) is 49.6 Å². The third-order valence-corrected chi connectivity index (χ3v) is 7.55. The van der Waals surface area contributed by atoms with Gasteiger partial charge in [-0.2, -0.15) is 5.10 Å². The van der Waals surface area contributed by atoms with Crippen molar-refractivity contribution >= 4 is 39.3 Å². The molecule has 0 aliphatic carbocycles. The van der Waals surface area contributed by atoms with Crippen LogP contribution in [0, 0.1) is 6.92 Å². The summed E-state index contributed by atoms with van der Waals surface area (Å²) >= 11 is 1.61. The number of nitrogens with one attached hydrogen (secondary N) is 4. The summed E-state index contributed by atoms with van der Waals surface area (Å²) in [5.74, 6) is 0.142. The highest BCUT2D eigenvalue weighted by atomic mass is 32.1. The number of aromatic nitrogens is 5. The Morgan fingerprint density at radius 3 is 2.84 bits per heavy atom. The van der Waals surface area contributed by atoms with Crippen molar-refractivity contribution in [2.75, 3.05) is 13.1 Å². The highest BCUT2D eigenvalue weighted by molar-refractivity contribution is 7.13. The molecule has 5 aromatic rings. The lowest BCUT2D eigenvalue weighted by Gasteiger charge is -2.13. The van der Waals surface area contributed by atoms with E-state index in [-0.39, 0.29) is 5.83 Å². The number of halogens is 1. The summed E-state index contributed by atoms with van der Waals surface area (Å²) in [5.41, 5.74) is 7.24. The Hall–Kier alpha value is -4.08. The van der Waals surface area contributed by atoms with Crippen LogP contribution in [-0.2, 0) is 6.54 Å². The molecule has 1 aliphatic rings. The number of aromatic amines is 2. The van der Waals surface area contributed by atoms with E-state index in [4.69, 9.17) is 4.98 Å². The van der Waals surface area contributed by atoms with Crippen LogP contribution in [0.4, 0.5) is 4.39 Å². The number of rotatable bonds is 6. The monoisotopic (exact) mass is 525 g/mol. The van der Waals surface area contributed by atoms with E-state index < -0.39 is 0 Å². The Morgan fingerprint density at radius 1 is 1.13 bits per heavy atom. The number of benzene rings is 1. The maximum absolute atomic E-state index is 16.7. The highest BCUT2D eigenvalue weighted by Gasteiger charge is 2.21. The van der Waals surface area contributed by atoms with Gasteiger partial charge in [0.1, 0.15) is 22.7 Å². The summed E-state index contributed by atoms with van der Waals surface area (Å²) in [6.45, 7) is 8.23. The van der Waals surface area contributed by atoms with E-state index in [0.29, 0.717) is 34.2 Å². The number of hydrogen-bond acceptors (Lipinski definition) is 6. The molecule has 0 atom stereocenters. The number of thiophene rings is 1. The van der Waals surface area contributed by atoms with Crippen molar-refractivity contribution < 1.29 is 4.39 Å². The van der Waals surface area contributed by atoms with Crippen molar-refractivity contribution in [3.05, 3.63) is 81.4 Å². The van der Waals surface area contributed by atoms with Crippen molar-refractivity contribution in [2.45, 2.75) is 27.3 Å². The third kappa shape index (κ3) is 4.33. The zero-order valence-corrected chi connectivity index (χ0v) is 22.3. The van der Waals surface area contributed by atoms with E-state index in [1.165, 1.54) is 0 Å². The topological polar surface area (TPSA) is 94.3 Å². The smallest absolute Gasteiger partial charge is 0.159 e. The largest absolute Gasteiger partial charge is 0.386 e. The van der Waals surface area contributed by atoms with Crippen LogP contribution in [0.15, 0.2) is 54.2 Å². The van der Waals surface area contributed by atoms with Crippen LogP contribution in [0.3, 0.4) is 0 Å². The number of H-pyrrole nitrogens is 2. The molecule has 0 spiro atoms. The lowest BCUT2D eigenvalue weighted by atomic mass is 9.98. The first-order valence-electron chi connectivity index (χ1n) is 12.6. The molecule has 0 amide bonds. The number of hydrogen-bond donors (Lipinski definition) is 4. The van der Waals surface area contributed by atoms with E-state index in [1.54, 1.807) is 23.7 Å². The molecule has 1 aliphatic heterocycles. The van der Waals surface area contributed by atoms with Gasteiger partial charge in [-0.1, -0.05) is 30.7 Å². The Morgan fingerprint density at radius 2 is 2.03 bits per heavy atom.